The van der Waals surface area contributed by atoms with Gasteiger partial charge in [-0.3, -0.25) is 4.68 Å². The summed E-state index contributed by atoms with van der Waals surface area (Å²) in [7, 11) is 1.88. The summed E-state index contributed by atoms with van der Waals surface area (Å²) in [6.45, 7) is 1.97. The normalized spacial score (nSPS) is 12.8. The summed E-state index contributed by atoms with van der Waals surface area (Å²) < 4.78 is 1.79. The number of benzene rings is 1. The third-order valence-corrected chi connectivity index (χ3v) is 3.32. The van der Waals surface area contributed by atoms with E-state index in [1.54, 1.807) is 22.9 Å². The van der Waals surface area contributed by atoms with Gasteiger partial charge >= 0.3 is 0 Å². The molecule has 1 heterocycles. The van der Waals surface area contributed by atoms with Gasteiger partial charge in [-0.1, -0.05) is 23.2 Å². The standard InChI is InChI=1S/C12H13Cl2N3/c1-7-5-11(16-17(7)2)12(15)9-6-8(13)3-4-10(9)14/h3-6,12H,15H2,1-2H3. The molecule has 0 spiro atoms. The van der Waals surface area contributed by atoms with Crippen molar-refractivity contribution in [3.63, 3.8) is 0 Å². The first-order valence-corrected chi connectivity index (χ1v) is 5.95. The Hall–Kier alpha value is -1.03. The number of hydrogen-bond acceptors (Lipinski definition) is 2. The Morgan fingerprint density at radius 3 is 2.59 bits per heavy atom. The molecule has 0 aliphatic carbocycles. The van der Waals surface area contributed by atoms with Crippen molar-refractivity contribution in [2.75, 3.05) is 0 Å². The van der Waals surface area contributed by atoms with Crippen LogP contribution < -0.4 is 5.73 Å². The third-order valence-electron chi connectivity index (χ3n) is 2.74. The maximum atomic E-state index is 6.15. The number of rotatable bonds is 2. The van der Waals surface area contributed by atoms with E-state index in [0.29, 0.717) is 10.0 Å². The number of aryl methyl sites for hydroxylation is 2. The Balaban J connectivity index is 2.42. The average molecular weight is 270 g/mol. The van der Waals surface area contributed by atoms with E-state index in [4.69, 9.17) is 28.9 Å². The van der Waals surface area contributed by atoms with E-state index in [-0.39, 0.29) is 6.04 Å². The van der Waals surface area contributed by atoms with E-state index < -0.39 is 0 Å². The molecule has 0 fully saturated rings. The predicted molar refractivity (Wildman–Crippen MR) is 70.4 cm³/mol. The molecule has 1 unspecified atom stereocenters. The lowest BCUT2D eigenvalue weighted by atomic mass is 10.0. The van der Waals surface area contributed by atoms with Crippen LogP contribution in [-0.4, -0.2) is 9.78 Å². The molecule has 2 rings (SSSR count). The van der Waals surface area contributed by atoms with E-state index >= 15 is 0 Å². The summed E-state index contributed by atoms with van der Waals surface area (Å²) in [5.41, 5.74) is 8.77. The molecule has 17 heavy (non-hydrogen) atoms. The minimum absolute atomic E-state index is 0.360. The van der Waals surface area contributed by atoms with Gasteiger partial charge in [0, 0.05) is 22.8 Å². The molecular formula is C12H13Cl2N3. The largest absolute Gasteiger partial charge is 0.319 e. The quantitative estimate of drug-likeness (QED) is 0.911. The van der Waals surface area contributed by atoms with Crippen molar-refractivity contribution in [1.29, 1.82) is 0 Å². The molecule has 1 aromatic carbocycles. The van der Waals surface area contributed by atoms with E-state index in [1.807, 2.05) is 20.0 Å². The van der Waals surface area contributed by atoms with Gasteiger partial charge in [-0.25, -0.2) is 0 Å². The molecule has 3 nitrogen and oxygen atoms in total. The Labute approximate surface area is 110 Å². The maximum absolute atomic E-state index is 6.15. The van der Waals surface area contributed by atoms with Gasteiger partial charge in [0.15, 0.2) is 0 Å². The summed E-state index contributed by atoms with van der Waals surface area (Å²) in [5.74, 6) is 0. The van der Waals surface area contributed by atoms with E-state index in [9.17, 15) is 0 Å². The number of nitrogens with two attached hydrogens (primary N) is 1. The molecule has 1 atom stereocenters. The van der Waals surface area contributed by atoms with Gasteiger partial charge in [0.2, 0.25) is 0 Å². The van der Waals surface area contributed by atoms with Gasteiger partial charge in [-0.2, -0.15) is 5.10 Å². The molecule has 5 heteroatoms. The van der Waals surface area contributed by atoms with Crippen LogP contribution in [0.5, 0.6) is 0 Å². The van der Waals surface area contributed by atoms with E-state index in [2.05, 4.69) is 5.10 Å². The predicted octanol–water partition coefficient (Wildman–Crippen LogP) is 3.08. The van der Waals surface area contributed by atoms with Gasteiger partial charge in [0.25, 0.3) is 0 Å². The van der Waals surface area contributed by atoms with Crippen LogP contribution >= 0.6 is 23.2 Å². The summed E-state index contributed by atoms with van der Waals surface area (Å²) in [6.07, 6.45) is 0. The van der Waals surface area contributed by atoms with E-state index in [1.165, 1.54) is 0 Å². The van der Waals surface area contributed by atoms with Crippen LogP contribution in [0.1, 0.15) is 23.0 Å². The topological polar surface area (TPSA) is 43.8 Å². The zero-order valence-electron chi connectivity index (χ0n) is 9.61. The highest BCUT2D eigenvalue weighted by Crippen LogP contribution is 2.28. The van der Waals surface area contributed by atoms with Crippen LogP contribution in [0.25, 0.3) is 0 Å². The molecule has 2 N–H and O–H groups in total. The molecule has 0 saturated carbocycles. The van der Waals surface area contributed by atoms with Gasteiger partial charge in [-0.05, 0) is 36.8 Å². The molecule has 2 aromatic rings. The van der Waals surface area contributed by atoms with Crippen LogP contribution in [0.3, 0.4) is 0 Å². The van der Waals surface area contributed by atoms with Gasteiger partial charge in [-0.15, -0.1) is 0 Å². The first kappa shape index (κ1) is 12.4. The number of aromatic nitrogens is 2. The van der Waals surface area contributed by atoms with Crippen LogP contribution in [0, 0.1) is 6.92 Å². The molecule has 0 amide bonds. The van der Waals surface area contributed by atoms with Crippen LogP contribution in [0.15, 0.2) is 24.3 Å². The minimum atomic E-state index is -0.360. The fourth-order valence-electron chi connectivity index (χ4n) is 1.65. The second kappa shape index (κ2) is 4.69. The van der Waals surface area contributed by atoms with Crippen LogP contribution in [0.2, 0.25) is 10.0 Å². The molecule has 1 aromatic heterocycles. The van der Waals surface area contributed by atoms with Crippen LogP contribution in [0.4, 0.5) is 0 Å². The smallest absolute Gasteiger partial charge is 0.0840 e. The molecular weight excluding hydrogens is 257 g/mol. The Kier molecular flexibility index (Phi) is 3.43. The van der Waals surface area contributed by atoms with Crippen molar-refractivity contribution in [1.82, 2.24) is 9.78 Å². The van der Waals surface area contributed by atoms with Crippen molar-refractivity contribution in [2.24, 2.45) is 12.8 Å². The van der Waals surface area contributed by atoms with Crippen molar-refractivity contribution in [3.8, 4) is 0 Å². The minimum Gasteiger partial charge on any atom is -0.319 e. The lowest BCUT2D eigenvalue weighted by molar-refractivity contribution is 0.700. The number of nitrogens with zero attached hydrogens (tertiary/aromatic N) is 2. The fraction of sp³-hybridized carbons (Fsp3) is 0.250. The third kappa shape index (κ3) is 2.46. The molecule has 0 aliphatic rings. The molecule has 0 aliphatic heterocycles. The molecule has 90 valence electrons. The van der Waals surface area contributed by atoms with Gasteiger partial charge < -0.3 is 5.73 Å². The lowest BCUT2D eigenvalue weighted by Gasteiger charge is -2.11. The van der Waals surface area contributed by atoms with Crippen molar-refractivity contribution in [3.05, 3.63) is 51.3 Å². The lowest BCUT2D eigenvalue weighted by Crippen LogP contribution is -2.13. The van der Waals surface area contributed by atoms with E-state index in [0.717, 1.165) is 17.0 Å². The van der Waals surface area contributed by atoms with Crippen molar-refractivity contribution in [2.45, 2.75) is 13.0 Å². The highest BCUT2D eigenvalue weighted by atomic mass is 35.5. The van der Waals surface area contributed by atoms with Gasteiger partial charge in [0.1, 0.15) is 0 Å². The van der Waals surface area contributed by atoms with Crippen LogP contribution in [-0.2, 0) is 7.05 Å². The summed E-state index contributed by atoms with van der Waals surface area (Å²) in [5, 5.41) is 5.57. The first-order chi connectivity index (χ1) is 7.99. The SMILES string of the molecule is Cc1cc(C(N)c2cc(Cl)ccc2Cl)nn1C. The maximum Gasteiger partial charge on any atom is 0.0840 e. The Bertz CT molecular complexity index is 529. The highest BCUT2D eigenvalue weighted by molar-refractivity contribution is 6.33. The van der Waals surface area contributed by atoms with Gasteiger partial charge in [0.05, 0.1) is 11.7 Å². The average Bonchev–Trinajstić information content (AvgIpc) is 2.62. The zero-order valence-corrected chi connectivity index (χ0v) is 11.1. The fourth-order valence-corrected chi connectivity index (χ4v) is 2.07. The molecule has 0 saturated heterocycles. The summed E-state index contributed by atoms with van der Waals surface area (Å²) in [6, 6.07) is 6.85. The Morgan fingerprint density at radius 1 is 1.29 bits per heavy atom. The second-order valence-electron chi connectivity index (χ2n) is 3.98. The zero-order chi connectivity index (χ0) is 12.6. The highest BCUT2D eigenvalue weighted by Gasteiger charge is 2.16. The number of hydrogen-bond donors (Lipinski definition) is 1. The molecule has 0 bridgehead atoms. The van der Waals surface area contributed by atoms with Crippen molar-refractivity contribution >= 4 is 23.2 Å². The monoisotopic (exact) mass is 269 g/mol. The Morgan fingerprint density at radius 2 is 2.00 bits per heavy atom. The molecule has 0 radical (unpaired) electrons. The van der Waals surface area contributed by atoms with Crippen molar-refractivity contribution < 1.29 is 0 Å². The first-order valence-electron chi connectivity index (χ1n) is 5.20. The summed E-state index contributed by atoms with van der Waals surface area (Å²) >= 11 is 12.1. The number of halogens is 2. The second-order valence-corrected chi connectivity index (χ2v) is 4.82. The summed E-state index contributed by atoms with van der Waals surface area (Å²) in [4.78, 5) is 0.